The standard InChI is InChI=1S/C27H28Cl2N2O2/c1-3-30-27(33)25(15-20-9-5-4-6-10-20)31(18-22-12-13-23(28)17-24(22)29)26(32)16-21-11-7-8-19(2)14-21/h4-14,17,25H,3,15-16,18H2,1-2H3,(H,30,33)/t25-/m0/s1. The molecule has 0 saturated carbocycles. The largest absolute Gasteiger partial charge is 0.355 e. The first-order chi connectivity index (χ1) is 15.9. The molecular weight excluding hydrogens is 455 g/mol. The molecule has 3 aromatic carbocycles. The molecule has 0 bridgehead atoms. The van der Waals surface area contributed by atoms with E-state index in [1.807, 2.05) is 68.4 Å². The smallest absolute Gasteiger partial charge is 0.243 e. The summed E-state index contributed by atoms with van der Waals surface area (Å²) in [6, 6.07) is 22.1. The minimum atomic E-state index is -0.684. The van der Waals surface area contributed by atoms with Crippen LogP contribution in [0.4, 0.5) is 0 Å². The van der Waals surface area contributed by atoms with Crippen molar-refractivity contribution in [3.8, 4) is 0 Å². The van der Waals surface area contributed by atoms with E-state index in [0.29, 0.717) is 23.0 Å². The lowest BCUT2D eigenvalue weighted by Crippen LogP contribution is -2.51. The second-order valence-corrected chi connectivity index (χ2v) is 8.87. The first-order valence-electron chi connectivity index (χ1n) is 11.0. The van der Waals surface area contributed by atoms with Crippen LogP contribution in [0.1, 0.15) is 29.2 Å². The van der Waals surface area contributed by atoms with E-state index in [9.17, 15) is 9.59 Å². The molecule has 0 spiro atoms. The van der Waals surface area contributed by atoms with Gasteiger partial charge in [0.2, 0.25) is 11.8 Å². The maximum Gasteiger partial charge on any atom is 0.243 e. The predicted octanol–water partition coefficient (Wildman–Crippen LogP) is 5.62. The minimum Gasteiger partial charge on any atom is -0.355 e. The highest BCUT2D eigenvalue weighted by atomic mass is 35.5. The maximum atomic E-state index is 13.6. The van der Waals surface area contributed by atoms with Crippen molar-refractivity contribution >= 4 is 35.0 Å². The van der Waals surface area contributed by atoms with Crippen molar-refractivity contribution in [2.24, 2.45) is 0 Å². The van der Waals surface area contributed by atoms with Gasteiger partial charge in [0.15, 0.2) is 0 Å². The molecule has 0 aliphatic carbocycles. The van der Waals surface area contributed by atoms with Gasteiger partial charge in [-0.15, -0.1) is 0 Å². The number of nitrogens with zero attached hydrogens (tertiary/aromatic N) is 1. The summed E-state index contributed by atoms with van der Waals surface area (Å²) in [5.74, 6) is -0.331. The van der Waals surface area contributed by atoms with E-state index in [2.05, 4.69) is 5.32 Å². The van der Waals surface area contributed by atoms with Crippen LogP contribution < -0.4 is 5.32 Å². The van der Waals surface area contributed by atoms with Gasteiger partial charge in [0.05, 0.1) is 6.42 Å². The van der Waals surface area contributed by atoms with E-state index in [0.717, 1.165) is 22.3 Å². The second-order valence-electron chi connectivity index (χ2n) is 8.02. The van der Waals surface area contributed by atoms with Gasteiger partial charge in [-0.05, 0) is 42.7 Å². The third-order valence-electron chi connectivity index (χ3n) is 5.42. The molecule has 0 unspecified atom stereocenters. The average molecular weight is 483 g/mol. The third-order valence-corrected chi connectivity index (χ3v) is 6.00. The number of amides is 2. The Kier molecular flexibility index (Phi) is 8.93. The van der Waals surface area contributed by atoms with Gasteiger partial charge >= 0.3 is 0 Å². The van der Waals surface area contributed by atoms with E-state index in [1.54, 1.807) is 23.1 Å². The first kappa shape index (κ1) is 24.8. The summed E-state index contributed by atoms with van der Waals surface area (Å²) < 4.78 is 0. The molecule has 0 radical (unpaired) electrons. The van der Waals surface area contributed by atoms with Crippen molar-refractivity contribution in [3.63, 3.8) is 0 Å². The van der Waals surface area contributed by atoms with E-state index < -0.39 is 6.04 Å². The summed E-state index contributed by atoms with van der Waals surface area (Å²) in [7, 11) is 0. The SMILES string of the molecule is CCNC(=O)[C@H](Cc1ccccc1)N(Cc1ccc(Cl)cc1Cl)C(=O)Cc1cccc(C)c1. The normalized spacial score (nSPS) is 11.6. The topological polar surface area (TPSA) is 49.4 Å². The Morgan fingerprint density at radius 1 is 0.939 bits per heavy atom. The Labute approximate surface area is 205 Å². The molecule has 4 nitrogen and oxygen atoms in total. The maximum absolute atomic E-state index is 13.6. The van der Waals surface area contributed by atoms with Crippen molar-refractivity contribution in [2.75, 3.05) is 6.54 Å². The van der Waals surface area contributed by atoms with Crippen LogP contribution in [0.2, 0.25) is 10.0 Å². The van der Waals surface area contributed by atoms with Crippen molar-refractivity contribution in [3.05, 3.63) is 105 Å². The third kappa shape index (κ3) is 7.08. The lowest BCUT2D eigenvalue weighted by Gasteiger charge is -2.32. The first-order valence-corrected chi connectivity index (χ1v) is 11.7. The Morgan fingerprint density at radius 2 is 1.67 bits per heavy atom. The molecule has 0 fully saturated rings. The highest BCUT2D eigenvalue weighted by Crippen LogP contribution is 2.24. The van der Waals surface area contributed by atoms with Gasteiger partial charge in [0.1, 0.15) is 6.04 Å². The van der Waals surface area contributed by atoms with Crippen LogP contribution in [0, 0.1) is 6.92 Å². The lowest BCUT2D eigenvalue weighted by atomic mass is 10.0. The van der Waals surface area contributed by atoms with Crippen molar-refractivity contribution in [2.45, 2.75) is 39.3 Å². The zero-order valence-electron chi connectivity index (χ0n) is 18.9. The quantitative estimate of drug-likeness (QED) is 0.430. The van der Waals surface area contributed by atoms with Crippen molar-refractivity contribution in [1.82, 2.24) is 10.2 Å². The summed E-state index contributed by atoms with van der Waals surface area (Å²) in [5.41, 5.74) is 3.70. The van der Waals surface area contributed by atoms with Crippen LogP contribution in [-0.2, 0) is 29.0 Å². The molecule has 3 aromatic rings. The number of carbonyl (C=O) groups is 2. The summed E-state index contributed by atoms with van der Waals surface area (Å²) in [6.07, 6.45) is 0.592. The molecule has 1 N–H and O–H groups in total. The fourth-order valence-corrected chi connectivity index (χ4v) is 4.25. The van der Waals surface area contributed by atoms with Gasteiger partial charge in [-0.3, -0.25) is 9.59 Å². The van der Waals surface area contributed by atoms with Crippen LogP contribution >= 0.6 is 23.2 Å². The molecule has 172 valence electrons. The molecule has 0 saturated heterocycles. The molecule has 0 aromatic heterocycles. The number of nitrogens with one attached hydrogen (secondary N) is 1. The highest BCUT2D eigenvalue weighted by molar-refractivity contribution is 6.35. The van der Waals surface area contributed by atoms with Crippen LogP contribution in [0.3, 0.4) is 0 Å². The van der Waals surface area contributed by atoms with Gasteiger partial charge in [-0.25, -0.2) is 0 Å². The Balaban J connectivity index is 1.98. The summed E-state index contributed by atoms with van der Waals surface area (Å²) in [4.78, 5) is 28.4. The zero-order chi connectivity index (χ0) is 23.8. The molecule has 0 heterocycles. The van der Waals surface area contributed by atoms with Gasteiger partial charge < -0.3 is 10.2 Å². The molecule has 33 heavy (non-hydrogen) atoms. The fraction of sp³-hybridized carbons (Fsp3) is 0.259. The summed E-state index contributed by atoms with van der Waals surface area (Å²) >= 11 is 12.5. The lowest BCUT2D eigenvalue weighted by molar-refractivity contribution is -0.140. The Morgan fingerprint density at radius 3 is 2.33 bits per heavy atom. The average Bonchev–Trinajstić information content (AvgIpc) is 2.78. The molecule has 1 atom stereocenters. The van der Waals surface area contributed by atoms with Gasteiger partial charge in [-0.1, -0.05) is 89.4 Å². The minimum absolute atomic E-state index is 0.140. The number of carbonyl (C=O) groups excluding carboxylic acids is 2. The van der Waals surface area contributed by atoms with E-state index >= 15 is 0 Å². The highest BCUT2D eigenvalue weighted by Gasteiger charge is 2.30. The van der Waals surface area contributed by atoms with Crippen LogP contribution in [0.5, 0.6) is 0 Å². The number of benzene rings is 3. The monoisotopic (exact) mass is 482 g/mol. The van der Waals surface area contributed by atoms with E-state index in [-0.39, 0.29) is 24.8 Å². The number of aryl methyl sites for hydroxylation is 1. The second kappa shape index (κ2) is 11.9. The molecular formula is C27H28Cl2N2O2. The molecule has 0 aliphatic heterocycles. The van der Waals surface area contributed by atoms with Crippen LogP contribution in [0.15, 0.2) is 72.8 Å². The molecule has 3 rings (SSSR count). The molecule has 6 heteroatoms. The van der Waals surface area contributed by atoms with E-state index in [1.165, 1.54) is 0 Å². The number of hydrogen-bond donors (Lipinski definition) is 1. The van der Waals surface area contributed by atoms with Gasteiger partial charge in [-0.2, -0.15) is 0 Å². The summed E-state index contributed by atoms with van der Waals surface area (Å²) in [6.45, 7) is 4.54. The van der Waals surface area contributed by atoms with Crippen molar-refractivity contribution < 1.29 is 9.59 Å². The predicted molar refractivity (Wildman–Crippen MR) is 135 cm³/mol. The zero-order valence-corrected chi connectivity index (χ0v) is 20.4. The van der Waals surface area contributed by atoms with E-state index in [4.69, 9.17) is 23.2 Å². The summed E-state index contributed by atoms with van der Waals surface area (Å²) in [5, 5.41) is 3.88. The van der Waals surface area contributed by atoms with Crippen molar-refractivity contribution in [1.29, 1.82) is 0 Å². The van der Waals surface area contributed by atoms with Gasteiger partial charge in [0, 0.05) is 29.6 Å². The van der Waals surface area contributed by atoms with Gasteiger partial charge in [0.25, 0.3) is 0 Å². The number of hydrogen-bond acceptors (Lipinski definition) is 2. The Bertz CT molecular complexity index is 1100. The number of rotatable bonds is 9. The van der Waals surface area contributed by atoms with Crippen LogP contribution in [0.25, 0.3) is 0 Å². The molecule has 2 amide bonds. The molecule has 0 aliphatic rings. The number of likely N-dealkylation sites (N-methyl/N-ethyl adjacent to an activating group) is 1. The number of halogens is 2. The Hall–Kier alpha value is -2.82. The van der Waals surface area contributed by atoms with Crippen LogP contribution in [-0.4, -0.2) is 29.3 Å². The fourth-order valence-electron chi connectivity index (χ4n) is 3.78.